The molecule has 1 fully saturated rings. The molecule has 0 aromatic heterocycles. The van der Waals surface area contributed by atoms with Gasteiger partial charge in [-0.1, -0.05) is 130 Å². The number of carbonyl (C=O) groups is 4. The monoisotopic (exact) mass is 689 g/mol. The molecule has 1 heterocycles. The zero-order valence-electron chi connectivity index (χ0n) is 29.2. The van der Waals surface area contributed by atoms with Crippen LogP contribution in [0.1, 0.15) is 61.8 Å². The Morgan fingerprint density at radius 1 is 0.800 bits per heavy atom. The predicted octanol–water partition coefficient (Wildman–Crippen LogP) is 6.55. The highest BCUT2D eigenvalue weighted by atomic mass is 31.2. The Labute approximate surface area is 294 Å². The van der Waals surface area contributed by atoms with Crippen LogP contribution in [0.3, 0.4) is 0 Å². The molecule has 258 valence electrons. The van der Waals surface area contributed by atoms with E-state index in [0.717, 1.165) is 15.9 Å². The Balaban J connectivity index is 1.76. The maximum Gasteiger partial charge on any atom is 0.356 e. The lowest BCUT2D eigenvalue weighted by Crippen LogP contribution is -2.67. The molecule has 1 aliphatic heterocycles. The van der Waals surface area contributed by atoms with Crippen LogP contribution < -0.4 is 15.9 Å². The van der Waals surface area contributed by atoms with E-state index < -0.39 is 36.4 Å². The highest BCUT2D eigenvalue weighted by Gasteiger charge is 2.55. The number of likely N-dealkylation sites (tertiary alicyclic amines) is 1. The summed E-state index contributed by atoms with van der Waals surface area (Å²) < 4.78 is 11.4. The van der Waals surface area contributed by atoms with Crippen LogP contribution in [0.5, 0.6) is 0 Å². The van der Waals surface area contributed by atoms with E-state index in [1.807, 2.05) is 105 Å². The molecular weight excluding hydrogens is 645 g/mol. The van der Waals surface area contributed by atoms with Gasteiger partial charge in [0.05, 0.1) is 17.5 Å². The molecule has 0 radical (unpaired) electrons. The number of Topliss-reactive ketones (excluding diaryl/α,β-unsaturated/α-hetero) is 1. The predicted molar refractivity (Wildman–Crippen MR) is 201 cm³/mol. The molecule has 0 spiro atoms. The van der Waals surface area contributed by atoms with Crippen LogP contribution in [0, 0.1) is 11.8 Å². The van der Waals surface area contributed by atoms with Crippen LogP contribution in [0.25, 0.3) is 0 Å². The van der Waals surface area contributed by atoms with Gasteiger partial charge in [-0.15, -0.1) is 0 Å². The fraction of sp³-hybridized carbons (Fsp3) is 0.262. The molecule has 0 aliphatic carbocycles. The van der Waals surface area contributed by atoms with Crippen LogP contribution in [0.2, 0.25) is 0 Å². The number of carbonyl (C=O) groups excluding carboxylic acids is 4. The first-order chi connectivity index (χ1) is 23.9. The molecular formula is C42H44NO6P. The number of esters is 2. The summed E-state index contributed by atoms with van der Waals surface area (Å²) in [6.45, 7) is 9.81. The van der Waals surface area contributed by atoms with E-state index in [-0.39, 0.29) is 41.6 Å². The lowest BCUT2D eigenvalue weighted by Gasteiger charge is -2.51. The van der Waals surface area contributed by atoms with Crippen molar-refractivity contribution >= 4 is 51.8 Å². The molecule has 0 bridgehead atoms. The molecule has 50 heavy (non-hydrogen) atoms. The van der Waals surface area contributed by atoms with Crippen molar-refractivity contribution in [3.8, 4) is 0 Å². The van der Waals surface area contributed by atoms with Gasteiger partial charge in [0.25, 0.3) is 0 Å². The summed E-state index contributed by atoms with van der Waals surface area (Å²) in [5.74, 6) is -2.32. The summed E-state index contributed by atoms with van der Waals surface area (Å²) in [6.07, 6.45) is 1.43. The second-order valence-electron chi connectivity index (χ2n) is 13.6. The van der Waals surface area contributed by atoms with Crippen molar-refractivity contribution in [1.82, 2.24) is 4.90 Å². The van der Waals surface area contributed by atoms with Crippen molar-refractivity contribution in [1.29, 1.82) is 0 Å². The minimum Gasteiger partial charge on any atom is -0.457 e. The highest BCUT2D eigenvalue weighted by molar-refractivity contribution is 7.96. The van der Waals surface area contributed by atoms with Crippen LogP contribution in [-0.4, -0.2) is 52.2 Å². The van der Waals surface area contributed by atoms with E-state index >= 15 is 0 Å². The van der Waals surface area contributed by atoms with Gasteiger partial charge in [-0.3, -0.25) is 9.59 Å². The fourth-order valence-electron chi connectivity index (χ4n) is 6.61. The number of rotatable bonds is 12. The number of β-lactam (4-membered cyclic amide) rings is 1. The van der Waals surface area contributed by atoms with Crippen molar-refractivity contribution in [2.45, 2.75) is 52.7 Å². The molecule has 0 unspecified atom stereocenters. The first kappa shape index (κ1) is 36.3. The molecule has 5 rings (SSSR count). The molecule has 0 saturated carbocycles. The van der Waals surface area contributed by atoms with Gasteiger partial charge < -0.3 is 14.4 Å². The van der Waals surface area contributed by atoms with Crippen molar-refractivity contribution in [2.75, 3.05) is 6.61 Å². The number of hydrogen-bond donors (Lipinski definition) is 0. The summed E-state index contributed by atoms with van der Waals surface area (Å²) in [6, 6.07) is 35.0. The minimum absolute atomic E-state index is 0.0581. The molecule has 4 aromatic carbocycles. The maximum atomic E-state index is 14.7. The quantitative estimate of drug-likeness (QED) is 0.0551. The van der Waals surface area contributed by atoms with Crippen molar-refractivity contribution in [2.24, 2.45) is 11.8 Å². The Morgan fingerprint density at radius 3 is 1.76 bits per heavy atom. The minimum atomic E-state index is -3.13. The number of ether oxygens (including phenoxy) is 2. The molecule has 0 N–H and O–H groups in total. The van der Waals surface area contributed by atoms with Crippen molar-refractivity contribution in [3.63, 3.8) is 0 Å². The van der Waals surface area contributed by atoms with Gasteiger partial charge >= 0.3 is 11.9 Å². The molecule has 1 amide bonds. The van der Waals surface area contributed by atoms with E-state index in [2.05, 4.69) is 6.58 Å². The standard InChI is InChI=1S/C42H44NO6P/c1-7-26-48-41(47)39(50(32-20-11-8-12-21-32,33-22-13-9-14-23-33)34-24-15-10-16-25-34)43-35(37(29(2)3)38(43)45)28-36(44)30-18-17-19-31(27-30)40(46)49-42(4,5)6/h7-25,27,29,35,37H,1,26,28H2,2-6H3/t35-,37-/m1/s1. The number of benzene rings is 4. The molecule has 4 aromatic rings. The van der Waals surface area contributed by atoms with E-state index in [1.165, 1.54) is 12.1 Å². The van der Waals surface area contributed by atoms with E-state index in [0.29, 0.717) is 5.56 Å². The van der Waals surface area contributed by atoms with E-state index in [4.69, 9.17) is 9.47 Å². The molecule has 8 heteroatoms. The smallest absolute Gasteiger partial charge is 0.356 e. The molecule has 7 nitrogen and oxygen atoms in total. The van der Waals surface area contributed by atoms with Gasteiger partial charge in [0.15, 0.2) is 5.78 Å². The van der Waals surface area contributed by atoms with Gasteiger partial charge in [0.2, 0.25) is 5.91 Å². The average Bonchev–Trinajstić information content (AvgIpc) is 3.10. The average molecular weight is 690 g/mol. The summed E-state index contributed by atoms with van der Waals surface area (Å²) in [5.41, 5.74) is 0.0914. The van der Waals surface area contributed by atoms with Gasteiger partial charge in [-0.05, 0) is 54.7 Å². The Morgan fingerprint density at radius 2 is 1.30 bits per heavy atom. The van der Waals surface area contributed by atoms with Crippen LogP contribution in [0.15, 0.2) is 128 Å². The lowest BCUT2D eigenvalue weighted by atomic mass is 9.76. The first-order valence-corrected chi connectivity index (χ1v) is 18.6. The van der Waals surface area contributed by atoms with Gasteiger partial charge in [-0.25, -0.2) is 9.59 Å². The van der Waals surface area contributed by atoms with Crippen LogP contribution in [-0.2, 0) is 19.1 Å². The van der Waals surface area contributed by atoms with Gasteiger partial charge in [0, 0.05) is 18.9 Å². The van der Waals surface area contributed by atoms with Crippen molar-refractivity contribution in [3.05, 3.63) is 139 Å². The SMILES string of the molecule is C=CCOC(=O)C(N1C(=O)[C@H](C(C)C)[C@H]1CC(=O)c1cccc(C(=O)OC(C)(C)C)c1)=P(c1ccccc1)(c1ccccc1)c1ccccc1. The number of nitrogens with zero attached hydrogens (tertiary/aromatic N) is 1. The normalized spacial score (nSPS) is 16.0. The van der Waals surface area contributed by atoms with E-state index in [1.54, 1.807) is 43.9 Å². The first-order valence-electron chi connectivity index (χ1n) is 16.8. The highest BCUT2D eigenvalue weighted by Crippen LogP contribution is 2.50. The Kier molecular flexibility index (Phi) is 11.1. The number of ketones is 1. The second-order valence-corrected chi connectivity index (χ2v) is 17.0. The van der Waals surface area contributed by atoms with Gasteiger partial charge in [0.1, 0.15) is 17.6 Å². The lowest BCUT2D eigenvalue weighted by molar-refractivity contribution is -0.153. The van der Waals surface area contributed by atoms with Crippen LogP contribution >= 0.6 is 6.89 Å². The zero-order chi connectivity index (χ0) is 36.1. The summed E-state index contributed by atoms with van der Waals surface area (Å²) in [7, 11) is 0. The Hall–Kier alpha value is -5.00. The second kappa shape index (κ2) is 15.3. The fourth-order valence-corrected chi connectivity index (χ4v) is 11.0. The number of hydrogen-bond acceptors (Lipinski definition) is 6. The largest absolute Gasteiger partial charge is 0.457 e. The summed E-state index contributed by atoms with van der Waals surface area (Å²) in [4.78, 5) is 57.7. The molecule has 1 aliphatic rings. The third kappa shape index (κ3) is 7.29. The Bertz CT molecular complexity index is 1830. The molecule has 1 saturated heterocycles. The maximum absolute atomic E-state index is 14.7. The third-order valence-corrected chi connectivity index (χ3v) is 12.9. The van der Waals surface area contributed by atoms with E-state index in [9.17, 15) is 19.2 Å². The van der Waals surface area contributed by atoms with Gasteiger partial charge in [-0.2, -0.15) is 0 Å². The van der Waals surface area contributed by atoms with Crippen molar-refractivity contribution < 1.29 is 28.7 Å². The molecule has 2 atom stereocenters. The topological polar surface area (TPSA) is 90.0 Å². The summed E-state index contributed by atoms with van der Waals surface area (Å²) in [5, 5.41) is 2.58. The zero-order valence-corrected chi connectivity index (χ0v) is 30.1. The third-order valence-electron chi connectivity index (χ3n) is 8.69. The summed E-state index contributed by atoms with van der Waals surface area (Å²) >= 11 is 0. The van der Waals surface area contributed by atoms with Crippen LogP contribution in [0.4, 0.5) is 0 Å². The number of amides is 1.